The van der Waals surface area contributed by atoms with Gasteiger partial charge in [-0.15, -0.1) is 0 Å². The largest absolute Gasteiger partial charge is 0.396 e. The van der Waals surface area contributed by atoms with E-state index >= 15 is 0 Å². The summed E-state index contributed by atoms with van der Waals surface area (Å²) in [7, 11) is 0. The van der Waals surface area contributed by atoms with Gasteiger partial charge in [0.05, 0.1) is 0 Å². The van der Waals surface area contributed by atoms with Gasteiger partial charge in [-0.3, -0.25) is 4.79 Å². The minimum atomic E-state index is -0.143. The molecule has 1 aliphatic rings. The van der Waals surface area contributed by atoms with Crippen molar-refractivity contribution in [2.75, 3.05) is 13.2 Å². The van der Waals surface area contributed by atoms with Gasteiger partial charge in [-0.05, 0) is 25.7 Å². The first-order chi connectivity index (χ1) is 10.4. The summed E-state index contributed by atoms with van der Waals surface area (Å²) in [5, 5.41) is 12.9. The zero-order valence-electron chi connectivity index (χ0n) is 13.8. The molecule has 1 aromatic rings. The molecule has 1 aliphatic heterocycles. The zero-order valence-corrected chi connectivity index (χ0v) is 13.8. The van der Waals surface area contributed by atoms with Crippen LogP contribution in [0.5, 0.6) is 0 Å². The van der Waals surface area contributed by atoms with Crippen LogP contribution in [0.25, 0.3) is 0 Å². The highest BCUT2D eigenvalue weighted by molar-refractivity contribution is 5.77. The Kier molecular flexibility index (Phi) is 5.56. The number of aromatic nitrogens is 2. The molecule has 1 unspecified atom stereocenters. The van der Waals surface area contributed by atoms with E-state index in [1.54, 1.807) is 0 Å². The van der Waals surface area contributed by atoms with Crippen molar-refractivity contribution in [1.29, 1.82) is 0 Å². The van der Waals surface area contributed by atoms with Crippen molar-refractivity contribution in [2.45, 2.75) is 70.8 Å². The van der Waals surface area contributed by atoms with Crippen LogP contribution in [-0.4, -0.2) is 45.2 Å². The summed E-state index contributed by atoms with van der Waals surface area (Å²) < 4.78 is 5.23. The molecule has 0 aromatic carbocycles. The second kappa shape index (κ2) is 7.22. The molecule has 0 radical (unpaired) electrons. The maximum absolute atomic E-state index is 12.4. The Labute approximate surface area is 131 Å². The van der Waals surface area contributed by atoms with Gasteiger partial charge in [-0.25, -0.2) is 0 Å². The van der Waals surface area contributed by atoms with Gasteiger partial charge in [0.1, 0.15) is 0 Å². The van der Waals surface area contributed by atoms with Gasteiger partial charge < -0.3 is 14.5 Å². The highest BCUT2D eigenvalue weighted by Gasteiger charge is 2.28. The average molecular weight is 309 g/mol. The fraction of sp³-hybridized carbons (Fsp3) is 0.812. The number of amides is 1. The second-order valence-electron chi connectivity index (χ2n) is 7.01. The smallest absolute Gasteiger partial charge is 0.227 e. The highest BCUT2D eigenvalue weighted by atomic mass is 16.5. The van der Waals surface area contributed by atoms with Crippen molar-refractivity contribution in [2.24, 2.45) is 0 Å². The van der Waals surface area contributed by atoms with Gasteiger partial charge in [0, 0.05) is 37.5 Å². The summed E-state index contributed by atoms with van der Waals surface area (Å²) in [4.78, 5) is 18.7. The van der Waals surface area contributed by atoms with E-state index in [9.17, 15) is 4.79 Å². The van der Waals surface area contributed by atoms with E-state index in [2.05, 4.69) is 10.1 Å². The summed E-state index contributed by atoms with van der Waals surface area (Å²) in [6, 6.07) is 0.285. The number of carbonyl (C=O) groups is 1. The quantitative estimate of drug-likeness (QED) is 0.870. The molecule has 124 valence electrons. The Hall–Kier alpha value is -1.43. The number of hydrogen-bond acceptors (Lipinski definition) is 5. The normalized spacial score (nSPS) is 18.9. The summed E-state index contributed by atoms with van der Waals surface area (Å²) in [6.45, 7) is 7.11. The van der Waals surface area contributed by atoms with Crippen LogP contribution in [-0.2, 0) is 16.6 Å². The molecule has 1 fully saturated rings. The van der Waals surface area contributed by atoms with Crippen molar-refractivity contribution in [3.63, 3.8) is 0 Å². The number of aliphatic hydroxyl groups is 1. The molecule has 6 heteroatoms. The third-order valence-electron chi connectivity index (χ3n) is 4.08. The SMILES string of the molecule is CC(C)(C)c1noc(CCC(=O)N2CCCC2CCCO)n1. The standard InChI is InChI=1S/C16H27N3O3/c1-16(2,3)15-17-13(22-18-15)8-9-14(21)19-10-4-6-12(19)7-5-11-20/h12,20H,4-11H2,1-3H3. The summed E-state index contributed by atoms with van der Waals surface area (Å²) in [6.07, 6.45) is 4.63. The minimum Gasteiger partial charge on any atom is -0.396 e. The summed E-state index contributed by atoms with van der Waals surface area (Å²) in [5.74, 6) is 1.36. The van der Waals surface area contributed by atoms with Crippen LogP contribution in [0, 0.1) is 0 Å². The molecule has 22 heavy (non-hydrogen) atoms. The first kappa shape index (κ1) is 16.9. The fourth-order valence-corrected chi connectivity index (χ4v) is 2.81. The molecule has 1 saturated heterocycles. The van der Waals surface area contributed by atoms with E-state index in [0.29, 0.717) is 24.6 Å². The number of aliphatic hydroxyl groups excluding tert-OH is 1. The van der Waals surface area contributed by atoms with Gasteiger partial charge in [-0.2, -0.15) is 4.98 Å². The Morgan fingerprint density at radius 1 is 1.45 bits per heavy atom. The third kappa shape index (κ3) is 4.29. The van der Waals surface area contributed by atoms with E-state index in [1.165, 1.54) is 0 Å². The fourth-order valence-electron chi connectivity index (χ4n) is 2.81. The van der Waals surface area contributed by atoms with E-state index in [0.717, 1.165) is 32.2 Å². The molecule has 1 N–H and O–H groups in total. The van der Waals surface area contributed by atoms with Crippen molar-refractivity contribution in [3.05, 3.63) is 11.7 Å². The molecule has 1 amide bonds. The zero-order chi connectivity index (χ0) is 16.2. The lowest BCUT2D eigenvalue weighted by molar-refractivity contribution is -0.132. The van der Waals surface area contributed by atoms with E-state index in [1.807, 2.05) is 25.7 Å². The molecule has 0 bridgehead atoms. The highest BCUT2D eigenvalue weighted by Crippen LogP contribution is 2.23. The van der Waals surface area contributed by atoms with Crippen LogP contribution in [0.2, 0.25) is 0 Å². The van der Waals surface area contributed by atoms with Crippen molar-refractivity contribution in [3.8, 4) is 0 Å². The van der Waals surface area contributed by atoms with Gasteiger partial charge in [-0.1, -0.05) is 25.9 Å². The molecule has 0 aliphatic carbocycles. The van der Waals surface area contributed by atoms with Crippen LogP contribution in [0.3, 0.4) is 0 Å². The lowest BCUT2D eigenvalue weighted by atomic mass is 9.96. The van der Waals surface area contributed by atoms with Gasteiger partial charge in [0.25, 0.3) is 0 Å². The molecule has 1 aromatic heterocycles. The van der Waals surface area contributed by atoms with Crippen LogP contribution in [0.1, 0.15) is 64.6 Å². The van der Waals surface area contributed by atoms with Crippen LogP contribution >= 0.6 is 0 Å². The third-order valence-corrected chi connectivity index (χ3v) is 4.08. The van der Waals surface area contributed by atoms with Crippen molar-refractivity contribution >= 4 is 5.91 Å². The predicted molar refractivity (Wildman–Crippen MR) is 82.4 cm³/mol. The molecule has 2 heterocycles. The molecule has 2 rings (SSSR count). The number of rotatable bonds is 6. The molecule has 0 saturated carbocycles. The van der Waals surface area contributed by atoms with Crippen LogP contribution in [0.15, 0.2) is 4.52 Å². The van der Waals surface area contributed by atoms with Crippen LogP contribution < -0.4 is 0 Å². The predicted octanol–water partition coefficient (Wildman–Crippen LogP) is 2.06. The number of hydrogen-bond donors (Lipinski definition) is 1. The van der Waals surface area contributed by atoms with Crippen molar-refractivity contribution in [1.82, 2.24) is 15.0 Å². The van der Waals surface area contributed by atoms with Gasteiger partial charge >= 0.3 is 0 Å². The molecule has 1 atom stereocenters. The molecule has 0 spiro atoms. The second-order valence-corrected chi connectivity index (χ2v) is 7.01. The minimum absolute atomic E-state index is 0.143. The van der Waals surface area contributed by atoms with Gasteiger partial charge in [0.15, 0.2) is 5.82 Å². The monoisotopic (exact) mass is 309 g/mol. The maximum atomic E-state index is 12.4. The Bertz CT molecular complexity index is 493. The Balaban J connectivity index is 1.85. The molecular weight excluding hydrogens is 282 g/mol. The summed E-state index contributed by atoms with van der Waals surface area (Å²) in [5.41, 5.74) is -0.143. The molecular formula is C16H27N3O3. The van der Waals surface area contributed by atoms with E-state index in [-0.39, 0.29) is 24.0 Å². The number of nitrogens with zero attached hydrogens (tertiary/aromatic N) is 3. The van der Waals surface area contributed by atoms with E-state index in [4.69, 9.17) is 9.63 Å². The molecule has 6 nitrogen and oxygen atoms in total. The van der Waals surface area contributed by atoms with Crippen LogP contribution in [0.4, 0.5) is 0 Å². The maximum Gasteiger partial charge on any atom is 0.227 e. The number of carbonyl (C=O) groups excluding carboxylic acids is 1. The lowest BCUT2D eigenvalue weighted by Gasteiger charge is -2.24. The Morgan fingerprint density at radius 2 is 2.23 bits per heavy atom. The summed E-state index contributed by atoms with van der Waals surface area (Å²) >= 11 is 0. The van der Waals surface area contributed by atoms with E-state index < -0.39 is 0 Å². The number of likely N-dealkylation sites (tertiary alicyclic amines) is 1. The topological polar surface area (TPSA) is 79.5 Å². The number of aryl methyl sites for hydroxylation is 1. The Morgan fingerprint density at radius 3 is 2.86 bits per heavy atom. The first-order valence-corrected chi connectivity index (χ1v) is 8.15. The lowest BCUT2D eigenvalue weighted by Crippen LogP contribution is -2.35. The first-order valence-electron chi connectivity index (χ1n) is 8.15. The average Bonchev–Trinajstić information content (AvgIpc) is 3.10. The van der Waals surface area contributed by atoms with Crippen molar-refractivity contribution < 1.29 is 14.4 Å². The van der Waals surface area contributed by atoms with Gasteiger partial charge in [0.2, 0.25) is 11.8 Å².